The molecule has 3 heteroatoms. The van der Waals surface area contributed by atoms with E-state index < -0.39 is 0 Å². The van der Waals surface area contributed by atoms with E-state index in [4.69, 9.17) is 9.47 Å². The third kappa shape index (κ3) is 2.17. The van der Waals surface area contributed by atoms with Gasteiger partial charge in [0.05, 0.1) is 12.2 Å². The average molecular weight is 223 g/mol. The summed E-state index contributed by atoms with van der Waals surface area (Å²) in [6.07, 6.45) is 10.3. The van der Waals surface area contributed by atoms with Crippen LogP contribution in [-0.2, 0) is 9.47 Å². The number of hydrogen-bond acceptors (Lipinski definition) is 3. The summed E-state index contributed by atoms with van der Waals surface area (Å²) in [5.41, 5.74) is 0.0436. The molecule has 3 rings (SSSR count). The minimum Gasteiger partial charge on any atom is -0.378 e. The van der Waals surface area contributed by atoms with Gasteiger partial charge in [0, 0.05) is 31.7 Å². The first-order valence-electron chi connectivity index (χ1n) is 6.49. The Morgan fingerprint density at radius 1 is 1.12 bits per heavy atom. The van der Waals surface area contributed by atoms with Gasteiger partial charge in [-0.05, 0) is 25.7 Å². The van der Waals surface area contributed by atoms with Crippen LogP contribution in [-0.4, -0.2) is 37.5 Å². The standard InChI is InChI=1S/C13H21NO2/c1-2-4-11(3-1)14-12-5-7-16-13(9-12)6-8-15-10-13/h1-2,11-12,14H,3-10H2. The second-order valence-corrected chi connectivity index (χ2v) is 5.33. The summed E-state index contributed by atoms with van der Waals surface area (Å²) in [4.78, 5) is 0. The summed E-state index contributed by atoms with van der Waals surface area (Å²) in [7, 11) is 0. The van der Waals surface area contributed by atoms with Gasteiger partial charge in [-0.25, -0.2) is 0 Å². The zero-order chi connectivity index (χ0) is 10.8. The molecular weight excluding hydrogens is 202 g/mol. The van der Waals surface area contributed by atoms with Crippen LogP contribution in [0.15, 0.2) is 12.2 Å². The van der Waals surface area contributed by atoms with E-state index in [1.165, 1.54) is 12.8 Å². The highest BCUT2D eigenvalue weighted by Gasteiger charge is 2.41. The molecule has 0 aromatic heterocycles. The van der Waals surface area contributed by atoms with Crippen molar-refractivity contribution >= 4 is 0 Å². The van der Waals surface area contributed by atoms with Crippen molar-refractivity contribution in [2.45, 2.75) is 49.8 Å². The van der Waals surface area contributed by atoms with Crippen LogP contribution in [0.1, 0.15) is 32.1 Å². The fourth-order valence-corrected chi connectivity index (χ4v) is 3.12. The second kappa shape index (κ2) is 4.47. The predicted octanol–water partition coefficient (Wildman–Crippen LogP) is 1.63. The largest absolute Gasteiger partial charge is 0.378 e. The smallest absolute Gasteiger partial charge is 0.0951 e. The molecule has 1 aliphatic carbocycles. The van der Waals surface area contributed by atoms with Gasteiger partial charge in [-0.3, -0.25) is 0 Å². The van der Waals surface area contributed by atoms with E-state index in [1.54, 1.807) is 0 Å². The Balaban J connectivity index is 1.55. The summed E-state index contributed by atoms with van der Waals surface area (Å²) < 4.78 is 11.4. The van der Waals surface area contributed by atoms with Crippen LogP contribution < -0.4 is 5.32 Å². The van der Waals surface area contributed by atoms with Gasteiger partial charge in [-0.2, -0.15) is 0 Å². The number of hydrogen-bond donors (Lipinski definition) is 1. The van der Waals surface area contributed by atoms with Gasteiger partial charge in [0.2, 0.25) is 0 Å². The maximum atomic E-state index is 5.94. The van der Waals surface area contributed by atoms with Crippen LogP contribution in [0.4, 0.5) is 0 Å². The first-order valence-corrected chi connectivity index (χ1v) is 6.49. The van der Waals surface area contributed by atoms with Crippen LogP contribution >= 0.6 is 0 Å². The molecule has 16 heavy (non-hydrogen) atoms. The van der Waals surface area contributed by atoms with Crippen molar-refractivity contribution in [2.24, 2.45) is 0 Å². The first-order chi connectivity index (χ1) is 7.86. The third-order valence-corrected chi connectivity index (χ3v) is 4.04. The van der Waals surface area contributed by atoms with Crippen LogP contribution in [0.25, 0.3) is 0 Å². The molecule has 2 atom stereocenters. The molecule has 2 unspecified atom stereocenters. The minimum atomic E-state index is 0.0436. The zero-order valence-electron chi connectivity index (χ0n) is 9.78. The van der Waals surface area contributed by atoms with Gasteiger partial charge in [-0.1, -0.05) is 12.2 Å². The molecule has 3 nitrogen and oxygen atoms in total. The van der Waals surface area contributed by atoms with Crippen LogP contribution in [0.5, 0.6) is 0 Å². The molecule has 0 saturated carbocycles. The Hall–Kier alpha value is -0.380. The van der Waals surface area contributed by atoms with Gasteiger partial charge in [0.15, 0.2) is 0 Å². The van der Waals surface area contributed by atoms with Crippen molar-refractivity contribution in [3.63, 3.8) is 0 Å². The lowest BCUT2D eigenvalue weighted by molar-refractivity contribution is -0.0902. The van der Waals surface area contributed by atoms with Crippen molar-refractivity contribution in [3.05, 3.63) is 12.2 Å². The van der Waals surface area contributed by atoms with Gasteiger partial charge in [0.1, 0.15) is 0 Å². The molecule has 90 valence electrons. The number of rotatable bonds is 2. The van der Waals surface area contributed by atoms with Crippen molar-refractivity contribution in [2.75, 3.05) is 19.8 Å². The van der Waals surface area contributed by atoms with Crippen molar-refractivity contribution < 1.29 is 9.47 Å². The molecule has 0 bridgehead atoms. The Morgan fingerprint density at radius 2 is 2.00 bits per heavy atom. The monoisotopic (exact) mass is 223 g/mol. The Morgan fingerprint density at radius 3 is 2.75 bits per heavy atom. The highest BCUT2D eigenvalue weighted by molar-refractivity contribution is 5.00. The SMILES string of the molecule is C1=CCC(NC2CCOC3(CCOC3)C2)C1. The number of ether oxygens (including phenoxy) is 2. The summed E-state index contributed by atoms with van der Waals surface area (Å²) in [6.45, 7) is 2.56. The van der Waals surface area contributed by atoms with E-state index >= 15 is 0 Å². The van der Waals surface area contributed by atoms with Crippen molar-refractivity contribution in [3.8, 4) is 0 Å². The molecule has 0 aromatic carbocycles. The molecule has 0 radical (unpaired) electrons. The lowest BCUT2D eigenvalue weighted by Crippen LogP contribution is -2.49. The van der Waals surface area contributed by atoms with Crippen molar-refractivity contribution in [1.82, 2.24) is 5.32 Å². The molecule has 0 aromatic rings. The van der Waals surface area contributed by atoms with E-state index in [0.717, 1.165) is 39.1 Å². The summed E-state index contributed by atoms with van der Waals surface area (Å²) in [5, 5.41) is 3.77. The van der Waals surface area contributed by atoms with E-state index in [2.05, 4.69) is 17.5 Å². The lowest BCUT2D eigenvalue weighted by atomic mass is 9.89. The van der Waals surface area contributed by atoms with Crippen LogP contribution in [0.2, 0.25) is 0 Å². The van der Waals surface area contributed by atoms with E-state index in [-0.39, 0.29) is 5.60 Å². The maximum Gasteiger partial charge on any atom is 0.0951 e. The Labute approximate surface area is 97.2 Å². The third-order valence-electron chi connectivity index (χ3n) is 4.04. The normalized spacial score (nSPS) is 39.9. The Kier molecular flexibility index (Phi) is 3.01. The zero-order valence-corrected chi connectivity index (χ0v) is 9.78. The molecule has 2 aliphatic heterocycles. The second-order valence-electron chi connectivity index (χ2n) is 5.33. The molecule has 2 heterocycles. The Bertz CT molecular complexity index is 263. The fraction of sp³-hybridized carbons (Fsp3) is 0.846. The van der Waals surface area contributed by atoms with E-state index in [0.29, 0.717) is 12.1 Å². The summed E-state index contributed by atoms with van der Waals surface area (Å²) >= 11 is 0. The average Bonchev–Trinajstić information content (AvgIpc) is 2.91. The van der Waals surface area contributed by atoms with Gasteiger partial charge < -0.3 is 14.8 Å². The van der Waals surface area contributed by atoms with Gasteiger partial charge in [0.25, 0.3) is 0 Å². The van der Waals surface area contributed by atoms with Crippen LogP contribution in [0.3, 0.4) is 0 Å². The summed E-state index contributed by atoms with van der Waals surface area (Å²) in [5.74, 6) is 0. The molecule has 1 spiro atoms. The van der Waals surface area contributed by atoms with Gasteiger partial charge >= 0.3 is 0 Å². The highest BCUT2D eigenvalue weighted by atomic mass is 16.6. The molecule has 1 N–H and O–H groups in total. The fourth-order valence-electron chi connectivity index (χ4n) is 3.12. The van der Waals surface area contributed by atoms with E-state index in [1.807, 2.05) is 0 Å². The lowest BCUT2D eigenvalue weighted by Gasteiger charge is -2.38. The molecular formula is C13H21NO2. The topological polar surface area (TPSA) is 30.5 Å². The summed E-state index contributed by atoms with van der Waals surface area (Å²) in [6, 6.07) is 1.29. The highest BCUT2D eigenvalue weighted by Crippen LogP contribution is 2.33. The molecule has 2 saturated heterocycles. The predicted molar refractivity (Wildman–Crippen MR) is 62.4 cm³/mol. The minimum absolute atomic E-state index is 0.0436. The molecule has 2 fully saturated rings. The van der Waals surface area contributed by atoms with Crippen molar-refractivity contribution in [1.29, 1.82) is 0 Å². The molecule has 0 amide bonds. The quantitative estimate of drug-likeness (QED) is 0.722. The van der Waals surface area contributed by atoms with Crippen LogP contribution in [0, 0.1) is 0 Å². The maximum absolute atomic E-state index is 5.94. The van der Waals surface area contributed by atoms with E-state index in [9.17, 15) is 0 Å². The first kappa shape index (κ1) is 10.8. The molecule has 3 aliphatic rings. The number of nitrogens with one attached hydrogen (secondary N) is 1. The van der Waals surface area contributed by atoms with Gasteiger partial charge in [-0.15, -0.1) is 0 Å².